The van der Waals surface area contributed by atoms with Gasteiger partial charge in [-0.1, -0.05) is 24.3 Å². The highest BCUT2D eigenvalue weighted by atomic mass is 16.5. The molecule has 0 unspecified atom stereocenters. The Morgan fingerprint density at radius 3 is 2.50 bits per heavy atom. The molecule has 4 nitrogen and oxygen atoms in total. The first-order chi connectivity index (χ1) is 9.70. The van der Waals surface area contributed by atoms with E-state index in [2.05, 4.69) is 4.90 Å². The van der Waals surface area contributed by atoms with Crippen LogP contribution in [-0.4, -0.2) is 49.4 Å². The average Bonchev–Trinajstić information content (AvgIpc) is 2.97. The summed E-state index contributed by atoms with van der Waals surface area (Å²) in [6.45, 7) is 3.70. The number of hydrogen-bond acceptors (Lipinski definition) is 4. The van der Waals surface area contributed by atoms with Gasteiger partial charge in [0.25, 0.3) is 0 Å². The molecule has 2 rings (SSSR count). The van der Waals surface area contributed by atoms with E-state index < -0.39 is 6.10 Å². The second-order valence-corrected chi connectivity index (χ2v) is 5.60. The zero-order valence-corrected chi connectivity index (χ0v) is 12.3. The van der Waals surface area contributed by atoms with Crippen molar-refractivity contribution < 1.29 is 9.84 Å². The summed E-state index contributed by atoms with van der Waals surface area (Å²) >= 11 is 0. The van der Waals surface area contributed by atoms with Crippen molar-refractivity contribution in [3.8, 4) is 0 Å². The van der Waals surface area contributed by atoms with Crippen LogP contribution in [0.3, 0.4) is 0 Å². The maximum Gasteiger partial charge on any atom is 0.0953 e. The molecule has 0 aliphatic carbocycles. The molecule has 1 saturated heterocycles. The number of methoxy groups -OCH3 is 1. The fourth-order valence-electron chi connectivity index (χ4n) is 2.71. The molecule has 20 heavy (non-hydrogen) atoms. The molecule has 1 heterocycles. The van der Waals surface area contributed by atoms with Crippen LogP contribution >= 0.6 is 0 Å². The van der Waals surface area contributed by atoms with Gasteiger partial charge in [0.15, 0.2) is 0 Å². The third kappa shape index (κ3) is 4.28. The number of ether oxygens (including phenoxy) is 1. The van der Waals surface area contributed by atoms with Gasteiger partial charge in [0.1, 0.15) is 0 Å². The molecule has 2 atom stereocenters. The van der Waals surface area contributed by atoms with Gasteiger partial charge >= 0.3 is 0 Å². The lowest BCUT2D eigenvalue weighted by Gasteiger charge is -2.24. The Morgan fingerprint density at radius 2 is 1.90 bits per heavy atom. The van der Waals surface area contributed by atoms with Crippen LogP contribution in [-0.2, 0) is 11.2 Å². The normalized spacial score (nSPS) is 19.1. The quantitative estimate of drug-likeness (QED) is 0.790. The van der Waals surface area contributed by atoms with Gasteiger partial charge in [0, 0.05) is 19.7 Å². The van der Waals surface area contributed by atoms with E-state index in [1.807, 2.05) is 24.3 Å². The van der Waals surface area contributed by atoms with E-state index in [0.717, 1.165) is 38.2 Å². The van der Waals surface area contributed by atoms with E-state index in [-0.39, 0.29) is 6.04 Å². The molecule has 1 aliphatic rings. The van der Waals surface area contributed by atoms with E-state index in [9.17, 15) is 5.11 Å². The molecule has 0 aromatic heterocycles. The van der Waals surface area contributed by atoms with Gasteiger partial charge < -0.3 is 20.5 Å². The summed E-state index contributed by atoms with van der Waals surface area (Å²) in [6.07, 6.45) is 2.80. The molecule has 0 amide bonds. The zero-order valence-electron chi connectivity index (χ0n) is 12.3. The van der Waals surface area contributed by atoms with Crippen molar-refractivity contribution in [1.82, 2.24) is 4.90 Å². The fourth-order valence-corrected chi connectivity index (χ4v) is 2.71. The van der Waals surface area contributed by atoms with E-state index in [1.165, 1.54) is 18.4 Å². The van der Waals surface area contributed by atoms with Crippen LogP contribution in [0.15, 0.2) is 24.3 Å². The van der Waals surface area contributed by atoms with Crippen LogP contribution in [0.1, 0.15) is 30.1 Å². The third-order valence-corrected chi connectivity index (χ3v) is 3.99. The molecule has 0 saturated carbocycles. The number of aliphatic hydroxyl groups excluding tert-OH is 1. The topological polar surface area (TPSA) is 58.7 Å². The van der Waals surface area contributed by atoms with Crippen molar-refractivity contribution in [2.45, 2.75) is 31.4 Å². The van der Waals surface area contributed by atoms with Gasteiger partial charge in [-0.15, -0.1) is 0 Å². The monoisotopic (exact) mass is 278 g/mol. The Labute approximate surface area is 121 Å². The first kappa shape index (κ1) is 15.4. The molecule has 112 valence electrons. The molecule has 0 radical (unpaired) electrons. The maximum atomic E-state index is 10.3. The predicted octanol–water partition coefficient (Wildman–Crippen LogP) is 1.33. The number of nitrogens with zero attached hydrogens (tertiary/aromatic N) is 1. The minimum Gasteiger partial charge on any atom is -0.387 e. The van der Waals surface area contributed by atoms with Crippen molar-refractivity contribution in [3.05, 3.63) is 35.4 Å². The van der Waals surface area contributed by atoms with E-state index in [1.54, 1.807) is 7.11 Å². The number of rotatable bonds is 7. The minimum absolute atomic E-state index is 0.224. The van der Waals surface area contributed by atoms with Crippen LogP contribution < -0.4 is 5.73 Å². The molecule has 1 aliphatic heterocycles. The molecule has 0 bridgehead atoms. The Balaban J connectivity index is 1.88. The van der Waals surface area contributed by atoms with Gasteiger partial charge in [0.2, 0.25) is 0 Å². The van der Waals surface area contributed by atoms with Crippen LogP contribution in [0.2, 0.25) is 0 Å². The van der Waals surface area contributed by atoms with E-state index in [4.69, 9.17) is 10.5 Å². The second-order valence-electron chi connectivity index (χ2n) is 5.60. The van der Waals surface area contributed by atoms with Gasteiger partial charge in [-0.05, 0) is 43.5 Å². The summed E-state index contributed by atoms with van der Waals surface area (Å²) in [6, 6.07) is 7.80. The third-order valence-electron chi connectivity index (χ3n) is 3.99. The molecule has 4 heteroatoms. The number of hydrogen-bond donors (Lipinski definition) is 2. The highest BCUT2D eigenvalue weighted by Gasteiger charge is 2.21. The summed E-state index contributed by atoms with van der Waals surface area (Å²) in [5.41, 5.74) is 8.25. The van der Waals surface area contributed by atoms with Crippen LogP contribution in [0.25, 0.3) is 0 Å². The first-order valence-electron chi connectivity index (χ1n) is 7.44. The molecular weight excluding hydrogens is 252 g/mol. The fraction of sp³-hybridized carbons (Fsp3) is 0.625. The summed E-state index contributed by atoms with van der Waals surface area (Å²) in [5, 5.41) is 10.3. The van der Waals surface area contributed by atoms with Crippen molar-refractivity contribution >= 4 is 0 Å². The maximum absolute atomic E-state index is 10.3. The lowest BCUT2D eigenvalue weighted by atomic mass is 10.0. The molecule has 1 aromatic carbocycles. The minimum atomic E-state index is -0.591. The van der Waals surface area contributed by atoms with Gasteiger partial charge in [0.05, 0.1) is 12.7 Å². The standard InChI is InChI=1S/C16H26N2O2/c1-20-11-8-13-4-6-14(7-5-13)16(19)15(17)12-18-9-2-3-10-18/h4-7,15-16,19H,2-3,8-12,17H2,1H3/t15-,16-/m1/s1. The Morgan fingerprint density at radius 1 is 1.25 bits per heavy atom. The number of likely N-dealkylation sites (tertiary alicyclic amines) is 1. The second kappa shape index (κ2) is 7.74. The van der Waals surface area contributed by atoms with Crippen LogP contribution in [0, 0.1) is 0 Å². The smallest absolute Gasteiger partial charge is 0.0953 e. The Bertz CT molecular complexity index is 388. The van der Waals surface area contributed by atoms with E-state index in [0.29, 0.717) is 0 Å². The highest BCUT2D eigenvalue weighted by molar-refractivity contribution is 5.25. The lowest BCUT2D eigenvalue weighted by molar-refractivity contribution is 0.125. The molecular formula is C16H26N2O2. The number of benzene rings is 1. The van der Waals surface area contributed by atoms with E-state index >= 15 is 0 Å². The Kier molecular flexibility index (Phi) is 5.98. The first-order valence-corrected chi connectivity index (χ1v) is 7.44. The Hall–Kier alpha value is -0.940. The highest BCUT2D eigenvalue weighted by Crippen LogP contribution is 2.19. The van der Waals surface area contributed by atoms with Crippen molar-refractivity contribution in [3.63, 3.8) is 0 Å². The van der Waals surface area contributed by atoms with Crippen molar-refractivity contribution in [2.75, 3.05) is 33.4 Å². The molecule has 1 fully saturated rings. The SMILES string of the molecule is COCCc1ccc([C@@H](O)[C@H](N)CN2CCCC2)cc1. The molecule has 0 spiro atoms. The average molecular weight is 278 g/mol. The lowest BCUT2D eigenvalue weighted by Crippen LogP contribution is -2.40. The molecule has 1 aromatic rings. The summed E-state index contributed by atoms with van der Waals surface area (Å²) in [4.78, 5) is 2.33. The van der Waals surface area contributed by atoms with Crippen LogP contribution in [0.4, 0.5) is 0 Å². The number of nitrogens with two attached hydrogens (primary N) is 1. The number of aliphatic hydroxyl groups is 1. The van der Waals surface area contributed by atoms with Gasteiger partial charge in [-0.2, -0.15) is 0 Å². The predicted molar refractivity (Wildman–Crippen MR) is 80.6 cm³/mol. The van der Waals surface area contributed by atoms with Crippen molar-refractivity contribution in [1.29, 1.82) is 0 Å². The van der Waals surface area contributed by atoms with Gasteiger partial charge in [-0.3, -0.25) is 0 Å². The van der Waals surface area contributed by atoms with Crippen LogP contribution in [0.5, 0.6) is 0 Å². The van der Waals surface area contributed by atoms with Gasteiger partial charge in [-0.25, -0.2) is 0 Å². The van der Waals surface area contributed by atoms with Crippen molar-refractivity contribution in [2.24, 2.45) is 5.73 Å². The zero-order chi connectivity index (χ0) is 14.4. The summed E-state index contributed by atoms with van der Waals surface area (Å²) in [7, 11) is 1.70. The largest absolute Gasteiger partial charge is 0.387 e. The summed E-state index contributed by atoms with van der Waals surface area (Å²) < 4.78 is 5.06. The molecule has 3 N–H and O–H groups in total. The summed E-state index contributed by atoms with van der Waals surface area (Å²) in [5.74, 6) is 0.